The van der Waals surface area contributed by atoms with Crippen molar-refractivity contribution >= 4 is 23.4 Å². The molecule has 0 radical (unpaired) electrons. The molecule has 4 rings (SSSR count). The van der Waals surface area contributed by atoms with Crippen molar-refractivity contribution in [1.82, 2.24) is 9.80 Å². The Hall–Kier alpha value is -2.57. The van der Waals surface area contributed by atoms with Gasteiger partial charge >= 0.3 is 0 Å². The number of amides is 3. The number of rotatable bonds is 2. The van der Waals surface area contributed by atoms with E-state index in [0.717, 1.165) is 25.9 Å². The van der Waals surface area contributed by atoms with E-state index in [1.54, 1.807) is 15.9 Å². The summed E-state index contributed by atoms with van der Waals surface area (Å²) in [6.45, 7) is 4.58. The zero-order valence-electron chi connectivity index (χ0n) is 17.7. The van der Waals surface area contributed by atoms with Crippen molar-refractivity contribution in [2.75, 3.05) is 37.6 Å². The Morgan fingerprint density at radius 3 is 2.17 bits per heavy atom. The highest BCUT2D eigenvalue weighted by molar-refractivity contribution is 5.96. The molecule has 7 heteroatoms. The summed E-state index contributed by atoms with van der Waals surface area (Å²) in [5.41, 5.74) is 0.704. The lowest BCUT2D eigenvalue weighted by Crippen LogP contribution is -2.53. The molecule has 7 nitrogen and oxygen atoms in total. The fourth-order valence-corrected chi connectivity index (χ4v) is 4.76. The van der Waals surface area contributed by atoms with E-state index in [1.165, 1.54) is 19.8 Å². The molecule has 3 aliphatic heterocycles. The molecule has 0 bridgehead atoms. The molecule has 0 N–H and O–H groups in total. The molecule has 1 aromatic carbocycles. The molecule has 3 aliphatic rings. The molecule has 0 unspecified atom stereocenters. The van der Waals surface area contributed by atoms with E-state index in [9.17, 15) is 14.4 Å². The lowest BCUT2D eigenvalue weighted by molar-refractivity contribution is -0.144. The predicted octanol–water partition coefficient (Wildman–Crippen LogP) is 2.44. The standard InChI is InChI=1S/C23H31N3O4/c1-17(27)26-16-21(30-20-9-5-4-8-19(20)26)23(29)25-14-10-18(11-15-25)22(28)24-12-6-2-3-7-13-24/h4-5,8-9,18,21H,2-3,6-7,10-16H2,1H3/t21-/m1/s1. The number of carbonyl (C=O) groups excluding carboxylic acids is 3. The maximum atomic E-state index is 13.1. The third-order valence-corrected chi connectivity index (χ3v) is 6.50. The smallest absolute Gasteiger partial charge is 0.265 e. The molecule has 162 valence electrons. The molecule has 2 fully saturated rings. The van der Waals surface area contributed by atoms with Crippen LogP contribution < -0.4 is 9.64 Å². The van der Waals surface area contributed by atoms with Gasteiger partial charge < -0.3 is 19.4 Å². The summed E-state index contributed by atoms with van der Waals surface area (Å²) < 4.78 is 5.95. The molecule has 0 aliphatic carbocycles. The number of anilines is 1. The van der Waals surface area contributed by atoms with Crippen LogP contribution in [0.3, 0.4) is 0 Å². The minimum atomic E-state index is -0.707. The first kappa shape index (κ1) is 20.7. The SMILES string of the molecule is CC(=O)N1C[C@H](C(=O)N2CCC(C(=O)N3CCCCCC3)CC2)Oc2ccccc21. The summed E-state index contributed by atoms with van der Waals surface area (Å²) in [5.74, 6) is 0.619. The third-order valence-electron chi connectivity index (χ3n) is 6.50. The van der Waals surface area contributed by atoms with Crippen LogP contribution in [0.5, 0.6) is 5.75 Å². The second-order valence-electron chi connectivity index (χ2n) is 8.54. The Morgan fingerprint density at radius 1 is 0.867 bits per heavy atom. The molecule has 2 saturated heterocycles. The van der Waals surface area contributed by atoms with Gasteiger partial charge in [-0.25, -0.2) is 0 Å². The quantitative estimate of drug-likeness (QED) is 0.747. The maximum Gasteiger partial charge on any atom is 0.265 e. The average Bonchev–Trinajstić information content (AvgIpc) is 3.07. The fraction of sp³-hybridized carbons (Fsp3) is 0.609. The van der Waals surface area contributed by atoms with Crippen molar-refractivity contribution in [2.45, 2.75) is 51.6 Å². The summed E-state index contributed by atoms with van der Waals surface area (Å²) in [4.78, 5) is 43.5. The molecular weight excluding hydrogens is 382 g/mol. The second kappa shape index (κ2) is 9.06. The van der Waals surface area contributed by atoms with Crippen molar-refractivity contribution in [3.05, 3.63) is 24.3 Å². The van der Waals surface area contributed by atoms with Gasteiger partial charge in [-0.15, -0.1) is 0 Å². The maximum absolute atomic E-state index is 13.1. The Morgan fingerprint density at radius 2 is 1.50 bits per heavy atom. The number of likely N-dealkylation sites (tertiary alicyclic amines) is 2. The molecule has 0 aromatic heterocycles. The summed E-state index contributed by atoms with van der Waals surface area (Å²) in [6.07, 6.45) is 5.28. The van der Waals surface area contributed by atoms with Crippen LogP contribution in [0.4, 0.5) is 5.69 Å². The summed E-state index contributed by atoms with van der Waals surface area (Å²) in [6, 6.07) is 7.31. The van der Waals surface area contributed by atoms with Gasteiger partial charge in [0, 0.05) is 39.0 Å². The van der Waals surface area contributed by atoms with Gasteiger partial charge in [-0.2, -0.15) is 0 Å². The average molecular weight is 414 g/mol. The van der Waals surface area contributed by atoms with Crippen LogP contribution in [-0.4, -0.2) is 66.3 Å². The lowest BCUT2D eigenvalue weighted by atomic mass is 9.94. The largest absolute Gasteiger partial charge is 0.476 e. The summed E-state index contributed by atoms with van der Waals surface area (Å²) >= 11 is 0. The monoisotopic (exact) mass is 413 g/mol. The van der Waals surface area contributed by atoms with Crippen LogP contribution in [0, 0.1) is 5.92 Å². The number of benzene rings is 1. The topological polar surface area (TPSA) is 70.2 Å². The number of nitrogens with zero attached hydrogens (tertiary/aromatic N) is 3. The molecule has 3 amide bonds. The van der Waals surface area contributed by atoms with Crippen LogP contribution in [0.15, 0.2) is 24.3 Å². The zero-order valence-corrected chi connectivity index (χ0v) is 17.7. The number of hydrogen-bond acceptors (Lipinski definition) is 4. The van der Waals surface area contributed by atoms with E-state index < -0.39 is 6.10 Å². The van der Waals surface area contributed by atoms with Gasteiger partial charge in [-0.3, -0.25) is 14.4 Å². The number of ether oxygens (including phenoxy) is 1. The van der Waals surface area contributed by atoms with Crippen molar-refractivity contribution in [2.24, 2.45) is 5.92 Å². The minimum absolute atomic E-state index is 0.00821. The molecule has 0 saturated carbocycles. The second-order valence-corrected chi connectivity index (χ2v) is 8.54. The van der Waals surface area contributed by atoms with Gasteiger partial charge in [0.25, 0.3) is 5.91 Å². The van der Waals surface area contributed by atoms with Crippen LogP contribution in [0.2, 0.25) is 0 Å². The Bertz CT molecular complexity index is 795. The number of fused-ring (bicyclic) bond motifs is 1. The van der Waals surface area contributed by atoms with Crippen molar-refractivity contribution < 1.29 is 19.1 Å². The molecule has 0 spiro atoms. The molecule has 1 atom stereocenters. The normalized spacial score (nSPS) is 22.7. The first-order valence-corrected chi connectivity index (χ1v) is 11.2. The lowest BCUT2D eigenvalue weighted by Gasteiger charge is -2.38. The first-order valence-electron chi connectivity index (χ1n) is 11.2. The van der Waals surface area contributed by atoms with Crippen LogP contribution in [0.1, 0.15) is 45.4 Å². The fourth-order valence-electron chi connectivity index (χ4n) is 4.76. The highest BCUT2D eigenvalue weighted by atomic mass is 16.5. The van der Waals surface area contributed by atoms with E-state index in [4.69, 9.17) is 4.74 Å². The highest BCUT2D eigenvalue weighted by Gasteiger charge is 2.37. The van der Waals surface area contributed by atoms with Crippen molar-refractivity contribution in [3.63, 3.8) is 0 Å². The number of carbonyl (C=O) groups is 3. The molecule has 1 aromatic rings. The Labute approximate surface area is 177 Å². The van der Waals surface area contributed by atoms with E-state index in [1.807, 2.05) is 23.1 Å². The van der Waals surface area contributed by atoms with Crippen molar-refractivity contribution in [1.29, 1.82) is 0 Å². The van der Waals surface area contributed by atoms with Crippen LogP contribution in [-0.2, 0) is 14.4 Å². The number of para-hydroxylation sites is 2. The highest BCUT2D eigenvalue weighted by Crippen LogP contribution is 2.34. The Balaban J connectivity index is 1.36. The van der Waals surface area contributed by atoms with E-state index in [0.29, 0.717) is 37.4 Å². The third kappa shape index (κ3) is 4.30. The van der Waals surface area contributed by atoms with Gasteiger partial charge in [-0.1, -0.05) is 25.0 Å². The Kier molecular flexibility index (Phi) is 6.25. The summed E-state index contributed by atoms with van der Waals surface area (Å²) in [5, 5.41) is 0. The van der Waals surface area contributed by atoms with Gasteiger partial charge in [0.15, 0.2) is 6.10 Å². The van der Waals surface area contributed by atoms with Gasteiger partial charge in [-0.05, 0) is 37.8 Å². The molecule has 30 heavy (non-hydrogen) atoms. The first-order chi connectivity index (χ1) is 14.5. The van der Waals surface area contributed by atoms with Crippen LogP contribution >= 0.6 is 0 Å². The van der Waals surface area contributed by atoms with Gasteiger partial charge in [0.05, 0.1) is 12.2 Å². The minimum Gasteiger partial charge on any atom is -0.476 e. The van der Waals surface area contributed by atoms with E-state index >= 15 is 0 Å². The van der Waals surface area contributed by atoms with Gasteiger partial charge in [0.1, 0.15) is 5.75 Å². The van der Waals surface area contributed by atoms with E-state index in [-0.39, 0.29) is 30.2 Å². The number of hydrogen-bond donors (Lipinski definition) is 0. The summed E-state index contributed by atoms with van der Waals surface area (Å²) in [7, 11) is 0. The van der Waals surface area contributed by atoms with E-state index in [2.05, 4.69) is 0 Å². The number of piperidine rings is 1. The van der Waals surface area contributed by atoms with Crippen LogP contribution in [0.25, 0.3) is 0 Å². The predicted molar refractivity (Wildman–Crippen MR) is 113 cm³/mol. The molecule has 3 heterocycles. The van der Waals surface area contributed by atoms with Crippen molar-refractivity contribution in [3.8, 4) is 5.75 Å². The van der Waals surface area contributed by atoms with Gasteiger partial charge in [0.2, 0.25) is 11.8 Å². The molecular formula is C23H31N3O4. The zero-order chi connectivity index (χ0) is 21.1.